The zero-order chi connectivity index (χ0) is 18.1. The molecule has 0 amide bonds. The summed E-state index contributed by atoms with van der Waals surface area (Å²) in [5, 5.41) is 3.20. The third-order valence-corrected chi connectivity index (χ3v) is 4.13. The van der Waals surface area contributed by atoms with Crippen LogP contribution < -0.4 is 10.2 Å². The number of rotatable bonds is 3. The van der Waals surface area contributed by atoms with E-state index in [4.69, 9.17) is 4.74 Å². The molecule has 1 N–H and O–H groups in total. The highest BCUT2D eigenvalue weighted by Crippen LogP contribution is 2.25. The lowest BCUT2D eigenvalue weighted by Gasteiger charge is -2.35. The summed E-state index contributed by atoms with van der Waals surface area (Å²) in [5.41, 5.74) is 1.79. The van der Waals surface area contributed by atoms with Gasteiger partial charge in [0.25, 0.3) is 0 Å². The highest BCUT2D eigenvalue weighted by Gasteiger charge is 2.25. The fourth-order valence-electron chi connectivity index (χ4n) is 3.09. The molecule has 1 aromatic carbocycles. The van der Waals surface area contributed by atoms with Crippen LogP contribution in [0, 0.1) is 5.82 Å². The molecule has 8 heteroatoms. The van der Waals surface area contributed by atoms with Crippen molar-refractivity contribution >= 4 is 28.6 Å². The average molecular weight is 354 g/mol. The van der Waals surface area contributed by atoms with Crippen LogP contribution >= 0.6 is 0 Å². The van der Waals surface area contributed by atoms with Crippen LogP contribution in [0.4, 0.5) is 21.8 Å². The van der Waals surface area contributed by atoms with E-state index >= 15 is 0 Å². The predicted molar refractivity (Wildman–Crippen MR) is 97.0 cm³/mol. The van der Waals surface area contributed by atoms with E-state index in [0.717, 1.165) is 0 Å². The molecule has 2 atom stereocenters. The van der Waals surface area contributed by atoms with Crippen LogP contribution in [0.3, 0.4) is 0 Å². The SMILES string of the molecule is C[C@@H]1CN(c2nc(Nc3ccc(F)cc3)c3nccnc3n2)C[C@@H](C)O1. The first-order chi connectivity index (χ1) is 12.6. The van der Waals surface area contributed by atoms with Gasteiger partial charge in [0.05, 0.1) is 12.2 Å². The number of nitrogens with zero attached hydrogens (tertiary/aromatic N) is 5. The predicted octanol–water partition coefficient (Wildman–Crippen LogP) is 2.92. The van der Waals surface area contributed by atoms with Crippen molar-refractivity contribution in [2.75, 3.05) is 23.3 Å². The van der Waals surface area contributed by atoms with E-state index in [1.807, 2.05) is 13.8 Å². The van der Waals surface area contributed by atoms with Crippen molar-refractivity contribution in [3.8, 4) is 0 Å². The molecule has 1 fully saturated rings. The molecule has 4 rings (SSSR count). The van der Waals surface area contributed by atoms with Gasteiger partial charge in [-0.05, 0) is 38.1 Å². The van der Waals surface area contributed by atoms with E-state index in [1.54, 1.807) is 24.5 Å². The Balaban J connectivity index is 1.74. The van der Waals surface area contributed by atoms with Crippen LogP contribution in [-0.4, -0.2) is 45.2 Å². The van der Waals surface area contributed by atoms with Crippen LogP contribution in [0.15, 0.2) is 36.7 Å². The van der Waals surface area contributed by atoms with Gasteiger partial charge in [0.2, 0.25) is 5.95 Å². The van der Waals surface area contributed by atoms with Gasteiger partial charge >= 0.3 is 0 Å². The fraction of sp³-hybridized carbons (Fsp3) is 0.333. The second kappa shape index (κ2) is 6.80. The highest BCUT2D eigenvalue weighted by molar-refractivity contribution is 5.85. The first-order valence-corrected chi connectivity index (χ1v) is 8.50. The topological polar surface area (TPSA) is 76.1 Å². The van der Waals surface area contributed by atoms with E-state index in [0.29, 0.717) is 41.7 Å². The van der Waals surface area contributed by atoms with Gasteiger partial charge in [-0.1, -0.05) is 0 Å². The number of morpholine rings is 1. The minimum atomic E-state index is -0.292. The number of hydrogen-bond donors (Lipinski definition) is 1. The Morgan fingerprint density at radius 2 is 1.73 bits per heavy atom. The number of anilines is 3. The Labute approximate surface area is 150 Å². The van der Waals surface area contributed by atoms with Crippen LogP contribution in [0.1, 0.15) is 13.8 Å². The normalized spacial score (nSPS) is 20.3. The molecule has 0 radical (unpaired) electrons. The van der Waals surface area contributed by atoms with E-state index in [9.17, 15) is 4.39 Å². The van der Waals surface area contributed by atoms with E-state index in [2.05, 4.69) is 30.2 Å². The summed E-state index contributed by atoms with van der Waals surface area (Å²) in [4.78, 5) is 20.0. The van der Waals surface area contributed by atoms with Crippen LogP contribution in [0.5, 0.6) is 0 Å². The Bertz CT molecular complexity index is 909. The maximum atomic E-state index is 13.2. The van der Waals surface area contributed by atoms with Crippen molar-refractivity contribution in [3.05, 3.63) is 42.5 Å². The number of ether oxygens (including phenoxy) is 1. The molecule has 1 aliphatic heterocycles. The molecule has 0 saturated carbocycles. The largest absolute Gasteiger partial charge is 0.372 e. The van der Waals surface area contributed by atoms with Gasteiger partial charge < -0.3 is 15.0 Å². The molecule has 0 bridgehead atoms. The fourth-order valence-corrected chi connectivity index (χ4v) is 3.09. The zero-order valence-electron chi connectivity index (χ0n) is 14.6. The lowest BCUT2D eigenvalue weighted by atomic mass is 10.2. The van der Waals surface area contributed by atoms with Gasteiger partial charge in [0.15, 0.2) is 17.0 Å². The number of halogens is 1. The number of benzene rings is 1. The molecule has 134 valence electrons. The minimum absolute atomic E-state index is 0.0911. The molecule has 2 aromatic heterocycles. The van der Waals surface area contributed by atoms with Crippen molar-refractivity contribution in [3.63, 3.8) is 0 Å². The van der Waals surface area contributed by atoms with Gasteiger partial charge in [-0.15, -0.1) is 0 Å². The van der Waals surface area contributed by atoms with Crippen LogP contribution in [-0.2, 0) is 4.74 Å². The standard InChI is InChI=1S/C18H19FN6O/c1-11-9-25(10-12(2)26-11)18-23-16-15(20-7-8-21-16)17(24-18)22-14-5-3-13(19)4-6-14/h3-8,11-12H,9-10H2,1-2H3,(H,21,22,23,24)/t11-,12-/m1/s1. The van der Waals surface area contributed by atoms with E-state index in [1.165, 1.54) is 12.1 Å². The third-order valence-electron chi connectivity index (χ3n) is 4.13. The van der Waals surface area contributed by atoms with Gasteiger partial charge in [0, 0.05) is 31.2 Å². The number of nitrogens with one attached hydrogen (secondary N) is 1. The van der Waals surface area contributed by atoms with Gasteiger partial charge in [-0.25, -0.2) is 14.4 Å². The first-order valence-electron chi connectivity index (χ1n) is 8.50. The molecule has 0 aliphatic carbocycles. The molecular weight excluding hydrogens is 335 g/mol. The van der Waals surface area contributed by atoms with Crippen LogP contribution in [0.2, 0.25) is 0 Å². The second-order valence-corrected chi connectivity index (χ2v) is 6.39. The Hall–Kier alpha value is -2.87. The van der Waals surface area contributed by atoms with E-state index < -0.39 is 0 Å². The molecule has 26 heavy (non-hydrogen) atoms. The molecule has 7 nitrogen and oxygen atoms in total. The lowest BCUT2D eigenvalue weighted by molar-refractivity contribution is -0.00569. The third kappa shape index (κ3) is 3.41. The molecule has 0 spiro atoms. The summed E-state index contributed by atoms with van der Waals surface area (Å²) in [6.07, 6.45) is 3.38. The monoisotopic (exact) mass is 354 g/mol. The van der Waals surface area contributed by atoms with Crippen molar-refractivity contribution < 1.29 is 9.13 Å². The molecule has 0 unspecified atom stereocenters. The molecule has 1 saturated heterocycles. The van der Waals surface area contributed by atoms with Gasteiger partial charge in [-0.2, -0.15) is 9.97 Å². The molecular formula is C18H19FN6O. The second-order valence-electron chi connectivity index (χ2n) is 6.39. The summed E-state index contributed by atoms with van der Waals surface area (Å²) in [6.45, 7) is 5.46. The first kappa shape index (κ1) is 16.6. The Morgan fingerprint density at radius 1 is 1.04 bits per heavy atom. The van der Waals surface area contributed by atoms with Crippen LogP contribution in [0.25, 0.3) is 11.2 Å². The zero-order valence-corrected chi connectivity index (χ0v) is 14.6. The highest BCUT2D eigenvalue weighted by atomic mass is 19.1. The molecule has 3 heterocycles. The van der Waals surface area contributed by atoms with Gasteiger partial charge in [0.1, 0.15) is 5.82 Å². The summed E-state index contributed by atoms with van der Waals surface area (Å²) >= 11 is 0. The van der Waals surface area contributed by atoms with Crippen molar-refractivity contribution in [2.45, 2.75) is 26.1 Å². The smallest absolute Gasteiger partial charge is 0.229 e. The van der Waals surface area contributed by atoms with Crippen molar-refractivity contribution in [1.29, 1.82) is 0 Å². The summed E-state index contributed by atoms with van der Waals surface area (Å²) < 4.78 is 19.0. The average Bonchev–Trinajstić information content (AvgIpc) is 2.63. The van der Waals surface area contributed by atoms with Crippen molar-refractivity contribution in [1.82, 2.24) is 19.9 Å². The summed E-state index contributed by atoms with van der Waals surface area (Å²) in [6, 6.07) is 6.09. The minimum Gasteiger partial charge on any atom is -0.372 e. The number of aromatic nitrogens is 4. The summed E-state index contributed by atoms with van der Waals surface area (Å²) in [5.74, 6) is 0.820. The maximum absolute atomic E-state index is 13.2. The van der Waals surface area contributed by atoms with Gasteiger partial charge in [-0.3, -0.25) is 0 Å². The number of fused-ring (bicyclic) bond motifs is 1. The quantitative estimate of drug-likeness (QED) is 0.775. The Kier molecular flexibility index (Phi) is 4.34. The maximum Gasteiger partial charge on any atom is 0.229 e. The Morgan fingerprint density at radius 3 is 2.46 bits per heavy atom. The summed E-state index contributed by atoms with van der Waals surface area (Å²) in [7, 11) is 0. The van der Waals surface area contributed by atoms with Crippen molar-refractivity contribution in [2.24, 2.45) is 0 Å². The number of hydrogen-bond acceptors (Lipinski definition) is 7. The lowest BCUT2D eigenvalue weighted by Crippen LogP contribution is -2.46. The van der Waals surface area contributed by atoms with E-state index in [-0.39, 0.29) is 18.0 Å². The molecule has 3 aromatic rings. The molecule has 1 aliphatic rings.